The summed E-state index contributed by atoms with van der Waals surface area (Å²) in [5.74, 6) is -0.844. The zero-order valence-electron chi connectivity index (χ0n) is 29.1. The van der Waals surface area contributed by atoms with Crippen LogP contribution >= 0.6 is 22.9 Å². The zero-order valence-corrected chi connectivity index (χ0v) is 30.7. The molecule has 5 saturated heterocycles. The van der Waals surface area contributed by atoms with E-state index in [4.69, 9.17) is 31.8 Å². The molecule has 0 bridgehead atoms. The molecule has 2 aromatic carbocycles. The summed E-state index contributed by atoms with van der Waals surface area (Å²) >= 11 is 7.88. The number of likely N-dealkylation sites (tertiary alicyclic amines) is 1. The second kappa shape index (κ2) is 13.1. The van der Waals surface area contributed by atoms with Gasteiger partial charge in [0.05, 0.1) is 33.3 Å². The number of thiophene rings is 1. The number of aromatic nitrogens is 2. The Bertz CT molecular complexity index is 2190. The number of hydrogen-bond donors (Lipinski definition) is 1. The molecule has 3 atom stereocenters. The molecule has 278 valence electrons. The third-order valence-corrected chi connectivity index (χ3v) is 13.5. The highest BCUT2D eigenvalue weighted by molar-refractivity contribution is 7.23. The van der Waals surface area contributed by atoms with Crippen molar-refractivity contribution >= 4 is 60.7 Å². The van der Waals surface area contributed by atoms with E-state index in [1.165, 1.54) is 12.1 Å². The van der Waals surface area contributed by atoms with Gasteiger partial charge in [-0.05, 0) is 56.3 Å². The molecule has 0 radical (unpaired) electrons. The molecule has 0 unspecified atom stereocenters. The summed E-state index contributed by atoms with van der Waals surface area (Å²) in [6.45, 7) is 4.85. The Balaban J connectivity index is 1.14. The third-order valence-electron chi connectivity index (χ3n) is 12.1. The first-order valence-corrected chi connectivity index (χ1v) is 19.5. The van der Waals surface area contributed by atoms with E-state index in [1.807, 2.05) is 11.0 Å². The van der Waals surface area contributed by atoms with Crippen molar-refractivity contribution in [2.75, 3.05) is 69.7 Å². The fourth-order valence-electron chi connectivity index (χ4n) is 9.58. The molecule has 10 nitrogen and oxygen atoms in total. The van der Waals surface area contributed by atoms with E-state index in [1.54, 1.807) is 6.07 Å². The predicted octanol–water partition coefficient (Wildman–Crippen LogP) is 6.71. The number of benzene rings is 2. The number of ether oxygens (including phenoxy) is 2. The monoisotopic (exact) mass is 765 g/mol. The lowest BCUT2D eigenvalue weighted by molar-refractivity contribution is -0.147. The number of nitriles is 1. The molecule has 7 heterocycles. The third kappa shape index (κ3) is 5.77. The second-order valence-electron chi connectivity index (χ2n) is 15.5. The van der Waals surface area contributed by atoms with E-state index < -0.39 is 23.3 Å². The summed E-state index contributed by atoms with van der Waals surface area (Å²) in [4.78, 5) is 29.0. The van der Waals surface area contributed by atoms with Crippen LogP contribution in [0.2, 0.25) is 5.02 Å². The zero-order chi connectivity index (χ0) is 36.6. The van der Waals surface area contributed by atoms with Crippen molar-refractivity contribution < 1.29 is 27.4 Å². The highest BCUT2D eigenvalue weighted by Crippen LogP contribution is 2.47. The minimum atomic E-state index is -0.950. The maximum Gasteiger partial charge on any atom is 0.319 e. The minimum absolute atomic E-state index is 0.0325. The number of nitrogens with two attached hydrogens (primary N) is 1. The van der Waals surface area contributed by atoms with Crippen molar-refractivity contribution in [3.05, 3.63) is 40.4 Å². The van der Waals surface area contributed by atoms with Crippen molar-refractivity contribution in [3.63, 3.8) is 0 Å². The topological polar surface area (TPSA) is 121 Å². The van der Waals surface area contributed by atoms with E-state index in [0.29, 0.717) is 63.6 Å². The molecule has 5 aliphatic rings. The summed E-state index contributed by atoms with van der Waals surface area (Å²) in [6.07, 6.45) is 4.62. The van der Waals surface area contributed by atoms with E-state index >= 15 is 8.78 Å². The lowest BCUT2D eigenvalue weighted by Crippen LogP contribution is -2.63. The number of carbonyl (C=O) groups is 1. The number of rotatable bonds is 6. The van der Waals surface area contributed by atoms with Gasteiger partial charge in [-0.3, -0.25) is 9.69 Å². The molecule has 5 aliphatic heterocycles. The number of anilines is 2. The average Bonchev–Trinajstić information content (AvgIpc) is 3.89. The molecule has 1 amide bonds. The number of alkyl halides is 1. The first kappa shape index (κ1) is 34.8. The molecular weight excluding hydrogens is 727 g/mol. The number of hydrogen-bond acceptors (Lipinski definition) is 10. The normalized spacial score (nSPS) is 25.6. The Morgan fingerprint density at radius 3 is 2.81 bits per heavy atom. The van der Waals surface area contributed by atoms with Crippen LogP contribution in [-0.2, 0) is 9.53 Å². The van der Waals surface area contributed by atoms with Gasteiger partial charge in [0.1, 0.15) is 41.0 Å². The number of halogens is 4. The van der Waals surface area contributed by atoms with Crippen LogP contribution in [0.3, 0.4) is 0 Å². The van der Waals surface area contributed by atoms with Crippen LogP contribution in [0.25, 0.3) is 32.1 Å². The largest absolute Gasteiger partial charge is 0.461 e. The lowest BCUT2D eigenvalue weighted by Gasteiger charge is -2.52. The van der Waals surface area contributed by atoms with Crippen LogP contribution in [0.15, 0.2) is 18.2 Å². The summed E-state index contributed by atoms with van der Waals surface area (Å²) in [5, 5.41) is 10.7. The highest BCUT2D eigenvalue weighted by atomic mass is 35.5. The van der Waals surface area contributed by atoms with Crippen molar-refractivity contribution in [2.24, 2.45) is 11.3 Å². The Labute approximate surface area is 313 Å². The van der Waals surface area contributed by atoms with Crippen LogP contribution in [-0.4, -0.2) is 96.5 Å². The van der Waals surface area contributed by atoms with Gasteiger partial charge in [0.15, 0.2) is 5.82 Å². The Hall–Kier alpha value is -3.90. The van der Waals surface area contributed by atoms with Gasteiger partial charge in [-0.15, -0.1) is 11.3 Å². The van der Waals surface area contributed by atoms with Gasteiger partial charge in [0.25, 0.3) is 0 Å². The fraction of sp³-hybridized carbons (Fsp3) is 0.526. The molecule has 9 rings (SSSR count). The van der Waals surface area contributed by atoms with Crippen LogP contribution in [0, 0.1) is 34.3 Å². The lowest BCUT2D eigenvalue weighted by atomic mass is 9.75. The second-order valence-corrected chi connectivity index (χ2v) is 17.0. The van der Waals surface area contributed by atoms with Gasteiger partial charge in [-0.1, -0.05) is 24.1 Å². The standard InChI is InChI=1S/C38H39ClF3N7O3S/c39-26-12-24-31(30(42)29(26)23-4-5-27(41)32-28(23)25(14-43)33(44)53-32)45-36(52-20-38-8-3-10-49(38)15-22(40)13-38)46-34(24)47-9-2-1-7-37(17-47)18-48(19-37)35(50)21-6-11-51-16-21/h4-5,12,21-22H,1-3,6-11,13,15-20,44H2/t21-,22-,38+/m1/s1. The maximum absolute atomic E-state index is 17.3. The molecule has 1 spiro atoms. The predicted molar refractivity (Wildman–Crippen MR) is 197 cm³/mol. The molecule has 53 heavy (non-hydrogen) atoms. The molecular formula is C38H39ClF3N7O3S. The fourth-order valence-corrected chi connectivity index (χ4v) is 10.8. The van der Waals surface area contributed by atoms with E-state index in [0.717, 1.165) is 56.4 Å². The van der Waals surface area contributed by atoms with E-state index in [9.17, 15) is 14.4 Å². The summed E-state index contributed by atoms with van der Waals surface area (Å²) in [6, 6.07) is 6.26. The molecule has 0 saturated carbocycles. The van der Waals surface area contributed by atoms with E-state index in [-0.39, 0.29) is 72.2 Å². The Kier molecular flexibility index (Phi) is 8.64. The van der Waals surface area contributed by atoms with Gasteiger partial charge in [-0.2, -0.15) is 15.2 Å². The van der Waals surface area contributed by atoms with E-state index in [2.05, 4.69) is 14.8 Å². The van der Waals surface area contributed by atoms with Crippen LogP contribution < -0.4 is 15.4 Å². The Morgan fingerprint density at radius 1 is 1.17 bits per heavy atom. The van der Waals surface area contributed by atoms with Gasteiger partial charge in [-0.25, -0.2) is 13.2 Å². The molecule has 4 aromatic rings. The highest BCUT2D eigenvalue weighted by Gasteiger charge is 2.50. The van der Waals surface area contributed by atoms with Gasteiger partial charge < -0.3 is 25.0 Å². The number of nitrogen functional groups attached to an aromatic ring is 1. The maximum atomic E-state index is 17.3. The Morgan fingerprint density at radius 2 is 2.02 bits per heavy atom. The van der Waals surface area contributed by atoms with Crippen LogP contribution in [0.1, 0.15) is 50.5 Å². The smallest absolute Gasteiger partial charge is 0.319 e. The number of carbonyl (C=O) groups excluding carboxylic acids is 1. The van der Waals surface area contributed by atoms with Crippen molar-refractivity contribution in [1.82, 2.24) is 19.8 Å². The molecule has 15 heteroatoms. The quantitative estimate of drug-likeness (QED) is 0.229. The molecule has 0 aliphatic carbocycles. The average molecular weight is 766 g/mol. The van der Waals surface area contributed by atoms with Crippen LogP contribution in [0.5, 0.6) is 6.01 Å². The molecule has 5 fully saturated rings. The summed E-state index contributed by atoms with van der Waals surface area (Å²) < 4.78 is 58.9. The SMILES string of the molecule is N#Cc1c(N)sc2c(F)ccc(-c3c(Cl)cc4c(N5CCCCC6(CN(C(=O)[C@@H]7CCOC7)C6)C5)nc(OC[C@@]56CCCN5C[C@H](F)C6)nc4c3F)c12. The number of fused-ring (bicyclic) bond motifs is 3. The van der Waals surface area contributed by atoms with Gasteiger partial charge >= 0.3 is 6.01 Å². The number of nitrogens with zero attached hydrogens (tertiary/aromatic N) is 6. The van der Waals surface area contributed by atoms with Gasteiger partial charge in [0, 0.05) is 67.5 Å². The summed E-state index contributed by atoms with van der Waals surface area (Å²) in [7, 11) is 0. The van der Waals surface area contributed by atoms with Crippen molar-refractivity contribution in [1.29, 1.82) is 5.26 Å². The molecule has 2 aromatic heterocycles. The summed E-state index contributed by atoms with van der Waals surface area (Å²) in [5.41, 5.74) is 5.66. The first-order valence-electron chi connectivity index (χ1n) is 18.3. The minimum Gasteiger partial charge on any atom is -0.461 e. The van der Waals surface area contributed by atoms with Crippen molar-refractivity contribution in [3.8, 4) is 23.2 Å². The van der Waals surface area contributed by atoms with Gasteiger partial charge in [0.2, 0.25) is 5.91 Å². The van der Waals surface area contributed by atoms with Crippen LogP contribution in [0.4, 0.5) is 24.0 Å². The van der Waals surface area contributed by atoms with Crippen molar-refractivity contribution in [2.45, 2.75) is 56.7 Å². The number of amides is 1. The molecule has 2 N–H and O–H groups in total. The first-order chi connectivity index (χ1) is 25.6.